The van der Waals surface area contributed by atoms with Crippen LogP contribution < -0.4 is 26.4 Å². The smallest absolute Gasteiger partial charge is 0.418 e. The third kappa shape index (κ3) is 13.9. The molecular formula is C47H47Cl2F5N10O13. The number of carbonyl (C=O) groups is 6. The molecule has 4 aromatic rings. The van der Waals surface area contributed by atoms with Gasteiger partial charge in [0.25, 0.3) is 17.7 Å². The average Bonchev–Trinajstić information content (AvgIpc) is 4.00. The molecule has 6 atom stereocenters. The van der Waals surface area contributed by atoms with Gasteiger partial charge in [-0.2, -0.15) is 13.2 Å². The van der Waals surface area contributed by atoms with Crippen molar-refractivity contribution in [3.05, 3.63) is 93.1 Å². The molecule has 0 saturated carbocycles. The molecule has 7 N–H and O–H groups in total. The minimum Gasteiger partial charge on any atom is -0.483 e. The Bertz CT molecular complexity index is 2940. The van der Waals surface area contributed by atoms with Crippen LogP contribution in [0, 0.1) is 11.6 Å². The summed E-state index contributed by atoms with van der Waals surface area (Å²) in [6.07, 6.45) is -10.6. The number of halogens is 7. The van der Waals surface area contributed by atoms with Crippen molar-refractivity contribution in [2.75, 3.05) is 59.3 Å². The molecule has 77 heavy (non-hydrogen) atoms. The van der Waals surface area contributed by atoms with Crippen LogP contribution >= 0.6 is 23.2 Å². The molecule has 0 radical (unpaired) electrons. The van der Waals surface area contributed by atoms with Gasteiger partial charge in [-0.15, -0.1) is 5.10 Å². The van der Waals surface area contributed by atoms with E-state index >= 15 is 0 Å². The number of fused-ring (bicyclic) bond motifs is 1. The second-order valence-corrected chi connectivity index (χ2v) is 17.9. The van der Waals surface area contributed by atoms with Crippen molar-refractivity contribution in [3.8, 4) is 17.0 Å². The van der Waals surface area contributed by atoms with Gasteiger partial charge < -0.3 is 50.3 Å². The summed E-state index contributed by atoms with van der Waals surface area (Å²) >= 11 is 11.7. The summed E-state index contributed by atoms with van der Waals surface area (Å²) in [6, 6.07) is 5.80. The van der Waals surface area contributed by atoms with E-state index in [1.807, 2.05) is 0 Å². The summed E-state index contributed by atoms with van der Waals surface area (Å²) < 4.78 is 101. The Morgan fingerprint density at radius 1 is 0.961 bits per heavy atom. The van der Waals surface area contributed by atoms with Crippen molar-refractivity contribution in [2.45, 2.75) is 62.4 Å². The lowest BCUT2D eigenvalue weighted by Gasteiger charge is -2.43. The number of aliphatic hydroxyl groups is 2. The normalized spacial score (nSPS) is 21.0. The minimum absolute atomic E-state index is 0.0192. The number of hydrogen-bond donors (Lipinski definition) is 6. The molecule has 4 heterocycles. The number of carbonyl (C=O) groups excluding carboxylic acids is 6. The SMILES string of the molecule is CC(N)=NC(=Nc1cc(Cl)ccc1C(F)(F)F)[C@@H]1O[C@H](CO)[C@H](O)[C@H](n2cc(-c3cc(F)c(Cl)c(F)c3)nn2)[C@H]1OCC(=O)NCCOCCOCCNC(=O)COc1cccc2c1C(=O)N(C1CCC(=O)NC1=O)C2=O. The Balaban J connectivity index is 0.923. The van der Waals surface area contributed by atoms with Crippen LogP contribution in [0.25, 0.3) is 11.3 Å². The van der Waals surface area contributed by atoms with Gasteiger partial charge in [-0.05, 0) is 55.8 Å². The first kappa shape index (κ1) is 57.7. The van der Waals surface area contributed by atoms with Gasteiger partial charge in [0.1, 0.15) is 71.2 Å². The monoisotopic (exact) mass is 1120 g/mol. The number of hydrogen-bond acceptors (Lipinski definition) is 16. The van der Waals surface area contributed by atoms with Gasteiger partial charge in [-0.1, -0.05) is 34.5 Å². The zero-order chi connectivity index (χ0) is 55.7. The number of piperidine rings is 1. The number of nitrogens with two attached hydrogens (primary N) is 1. The van der Waals surface area contributed by atoms with Crippen molar-refractivity contribution in [1.29, 1.82) is 0 Å². The molecule has 3 aliphatic heterocycles. The molecule has 2 saturated heterocycles. The largest absolute Gasteiger partial charge is 0.483 e. The number of benzene rings is 3. The van der Waals surface area contributed by atoms with Crippen molar-refractivity contribution >= 4 is 76.0 Å². The maximum atomic E-state index is 14.5. The molecule has 23 nitrogen and oxygen atoms in total. The number of alkyl halides is 3. The molecule has 6 amide bonds. The fraction of sp³-hybridized carbons (Fsp3) is 0.404. The standard InChI is InChI=1S/C47H47Cl2F5N10O13/c1-22(55)58-43(59-29-17-24(48)5-6-26(29)47(52,53)54)42-41(39(40(69)33(19-65)77-42)63-18-30(61-62-63)23-15-27(50)38(49)28(51)16-23)76-21-36(68)57-10-12-74-14-13-73-11-9-56-35(67)20-75-32-4-2-3-25-37(32)46(72)64(45(25)71)31-7-8-34(66)60-44(31)70/h2-6,15-18,31,33,39-42,65,69H,7-14,19-21H2,1H3,(H,56,67)(H,57,68)(H2,55,58,59)(H,60,66,70)/t31?,33-,39+,40+,41-,42-/m1/s1. The van der Waals surface area contributed by atoms with E-state index in [1.165, 1.54) is 25.1 Å². The maximum Gasteiger partial charge on any atom is 0.418 e. The predicted molar refractivity (Wildman–Crippen MR) is 258 cm³/mol. The van der Waals surface area contributed by atoms with E-state index < -0.39 is 132 Å². The molecule has 2 fully saturated rings. The van der Waals surface area contributed by atoms with E-state index in [0.717, 1.165) is 40.0 Å². The predicted octanol–water partition coefficient (Wildman–Crippen LogP) is 2.45. The fourth-order valence-corrected chi connectivity index (χ4v) is 8.49. The molecule has 1 aromatic heterocycles. The minimum atomic E-state index is -4.95. The average molecular weight is 1130 g/mol. The highest BCUT2D eigenvalue weighted by Gasteiger charge is 2.50. The highest BCUT2D eigenvalue weighted by molar-refractivity contribution is 6.31. The third-order valence-corrected chi connectivity index (χ3v) is 12.3. The first-order chi connectivity index (χ1) is 36.7. The van der Waals surface area contributed by atoms with E-state index in [-0.39, 0.29) is 91.4 Å². The van der Waals surface area contributed by atoms with Crippen LogP contribution in [0.2, 0.25) is 10.0 Å². The summed E-state index contributed by atoms with van der Waals surface area (Å²) in [5, 5.41) is 36.2. The topological polar surface area (TPSA) is 310 Å². The molecule has 1 unspecified atom stereocenters. The lowest BCUT2D eigenvalue weighted by molar-refractivity contribution is -0.200. The first-order valence-corrected chi connectivity index (χ1v) is 24.0. The highest BCUT2D eigenvalue weighted by atomic mass is 35.5. The van der Waals surface area contributed by atoms with Gasteiger partial charge in [0.15, 0.2) is 12.4 Å². The molecule has 3 aromatic carbocycles. The van der Waals surface area contributed by atoms with Crippen LogP contribution in [-0.4, -0.2) is 167 Å². The number of aromatic nitrogens is 3. The Hall–Kier alpha value is -7.05. The van der Waals surface area contributed by atoms with Crippen molar-refractivity contribution < 1.29 is 84.6 Å². The number of ether oxygens (including phenoxy) is 5. The number of amidine groups is 2. The van der Waals surface area contributed by atoms with Crippen molar-refractivity contribution in [2.24, 2.45) is 15.7 Å². The maximum absolute atomic E-state index is 14.5. The third-order valence-electron chi connectivity index (χ3n) is 11.7. The molecule has 0 spiro atoms. The van der Waals surface area contributed by atoms with E-state index in [9.17, 15) is 60.9 Å². The Morgan fingerprint density at radius 3 is 2.27 bits per heavy atom. The lowest BCUT2D eigenvalue weighted by atomic mass is 9.91. The number of rotatable bonds is 21. The van der Waals surface area contributed by atoms with Gasteiger partial charge in [0, 0.05) is 30.1 Å². The Kier molecular flexibility index (Phi) is 19.0. The number of aliphatic hydroxyl groups excluding tert-OH is 2. The van der Waals surface area contributed by atoms with Crippen LogP contribution in [0.1, 0.15) is 52.1 Å². The summed E-state index contributed by atoms with van der Waals surface area (Å²) in [5.74, 6) is -7.33. The molecule has 0 aliphatic carbocycles. The fourth-order valence-electron chi connectivity index (χ4n) is 8.21. The highest BCUT2D eigenvalue weighted by Crippen LogP contribution is 2.40. The van der Waals surface area contributed by atoms with Crippen molar-refractivity contribution in [3.63, 3.8) is 0 Å². The number of amides is 6. The zero-order valence-electron chi connectivity index (χ0n) is 40.2. The number of nitrogens with zero attached hydrogens (tertiary/aromatic N) is 6. The Labute approximate surface area is 442 Å². The molecule has 412 valence electrons. The number of nitrogens with one attached hydrogen (secondary N) is 3. The second-order valence-electron chi connectivity index (χ2n) is 17.1. The van der Waals surface area contributed by atoms with E-state index in [0.29, 0.717) is 6.07 Å². The zero-order valence-corrected chi connectivity index (χ0v) is 41.7. The number of imide groups is 2. The van der Waals surface area contributed by atoms with Gasteiger partial charge in [-0.25, -0.2) is 23.4 Å². The second kappa shape index (κ2) is 25.4. The Morgan fingerprint density at radius 2 is 1.64 bits per heavy atom. The molecule has 7 rings (SSSR count). The molecule has 3 aliphatic rings. The van der Waals surface area contributed by atoms with Crippen LogP contribution in [0.3, 0.4) is 0 Å². The summed E-state index contributed by atoms with van der Waals surface area (Å²) in [4.78, 5) is 85.1. The van der Waals surface area contributed by atoms with Crippen LogP contribution in [-0.2, 0) is 44.3 Å². The van der Waals surface area contributed by atoms with Gasteiger partial charge in [0.05, 0.1) is 67.4 Å². The quantitative estimate of drug-likeness (QED) is 0.0174. The van der Waals surface area contributed by atoms with Crippen LogP contribution in [0.15, 0.2) is 64.7 Å². The van der Waals surface area contributed by atoms with E-state index in [1.54, 1.807) is 0 Å². The van der Waals surface area contributed by atoms with Crippen molar-refractivity contribution in [1.82, 2.24) is 35.8 Å². The van der Waals surface area contributed by atoms with Gasteiger partial charge in [0.2, 0.25) is 17.7 Å². The lowest BCUT2D eigenvalue weighted by Crippen LogP contribution is -2.59. The van der Waals surface area contributed by atoms with Gasteiger partial charge >= 0.3 is 6.18 Å². The summed E-state index contributed by atoms with van der Waals surface area (Å²) in [6.45, 7) is -0.925. The molecular weight excluding hydrogens is 1080 g/mol. The van der Waals surface area contributed by atoms with Gasteiger partial charge in [-0.3, -0.25) is 39.0 Å². The van der Waals surface area contributed by atoms with E-state index in [2.05, 4.69) is 36.2 Å². The summed E-state index contributed by atoms with van der Waals surface area (Å²) in [5.41, 5.74) is 3.50. The summed E-state index contributed by atoms with van der Waals surface area (Å²) in [7, 11) is 0. The first-order valence-electron chi connectivity index (χ1n) is 23.2. The molecule has 30 heteroatoms. The van der Waals surface area contributed by atoms with Crippen LogP contribution in [0.5, 0.6) is 5.75 Å². The van der Waals surface area contributed by atoms with Crippen LogP contribution in [0.4, 0.5) is 27.6 Å². The van der Waals surface area contributed by atoms with E-state index in [4.69, 9.17) is 52.6 Å². The number of aliphatic imine (C=N–C) groups is 2. The molecule has 0 bridgehead atoms.